The summed E-state index contributed by atoms with van der Waals surface area (Å²) >= 11 is 0. The summed E-state index contributed by atoms with van der Waals surface area (Å²) in [7, 11) is 0. The van der Waals surface area contributed by atoms with Crippen LogP contribution in [-0.4, -0.2) is 29.7 Å². The van der Waals surface area contributed by atoms with Gasteiger partial charge in [0, 0.05) is 19.5 Å². The van der Waals surface area contributed by atoms with Gasteiger partial charge in [-0.1, -0.05) is 0 Å². The zero-order valence-electron chi connectivity index (χ0n) is 11.3. The van der Waals surface area contributed by atoms with E-state index in [4.69, 9.17) is 11.2 Å². The number of rotatable bonds is 1. The number of nitrogens with zero attached hydrogens (tertiary/aromatic N) is 2. The maximum absolute atomic E-state index is 11.9. The fourth-order valence-corrected chi connectivity index (χ4v) is 1.97. The minimum atomic E-state index is -0.486. The van der Waals surface area contributed by atoms with Gasteiger partial charge in [-0.2, -0.15) is 5.26 Å². The largest absolute Gasteiger partial charge is 0.444 e. The molecule has 0 radical (unpaired) electrons. The molecule has 1 saturated heterocycles. The van der Waals surface area contributed by atoms with Crippen LogP contribution in [0.1, 0.15) is 40.0 Å². The molecule has 0 spiro atoms. The van der Waals surface area contributed by atoms with Crippen LogP contribution in [0.5, 0.6) is 0 Å². The van der Waals surface area contributed by atoms with Crippen LogP contribution >= 0.6 is 0 Å². The molecule has 1 amide bonds. The first-order valence-electron chi connectivity index (χ1n) is 6.14. The minimum Gasteiger partial charge on any atom is -0.444 e. The highest BCUT2D eigenvalue weighted by molar-refractivity contribution is 5.68. The van der Waals surface area contributed by atoms with Gasteiger partial charge in [0.05, 0.1) is 11.5 Å². The Hall–Kier alpha value is -1.68. The molecule has 0 atom stereocenters. The quantitative estimate of drug-likeness (QED) is 0.670. The molecule has 0 saturated carbocycles. The zero-order valence-corrected chi connectivity index (χ0v) is 11.3. The number of likely N-dealkylation sites (tertiary alicyclic amines) is 1. The van der Waals surface area contributed by atoms with Crippen molar-refractivity contribution in [2.75, 3.05) is 13.1 Å². The Bertz CT molecular complexity index is 387. The Kier molecular flexibility index (Phi) is 4.24. The molecule has 1 aliphatic rings. The van der Waals surface area contributed by atoms with Crippen molar-refractivity contribution in [3.05, 3.63) is 0 Å². The average Bonchev–Trinajstić information content (AvgIpc) is 2.28. The third-order valence-electron chi connectivity index (χ3n) is 3.05. The van der Waals surface area contributed by atoms with Gasteiger partial charge >= 0.3 is 6.09 Å². The number of carbonyl (C=O) groups is 1. The van der Waals surface area contributed by atoms with Crippen LogP contribution in [-0.2, 0) is 4.74 Å². The predicted octanol–water partition coefficient (Wildman–Crippen LogP) is 2.55. The molecule has 0 bridgehead atoms. The van der Waals surface area contributed by atoms with Crippen LogP contribution in [0.3, 0.4) is 0 Å². The molecule has 0 unspecified atom stereocenters. The summed E-state index contributed by atoms with van der Waals surface area (Å²) in [6.07, 6.45) is 6.67. The molecule has 1 fully saturated rings. The van der Waals surface area contributed by atoms with Crippen molar-refractivity contribution in [3.63, 3.8) is 0 Å². The van der Waals surface area contributed by atoms with Crippen molar-refractivity contribution in [1.29, 1.82) is 5.26 Å². The molecule has 0 aromatic carbocycles. The lowest BCUT2D eigenvalue weighted by Gasteiger charge is -2.36. The Morgan fingerprint density at radius 3 is 2.39 bits per heavy atom. The first kappa shape index (κ1) is 14.4. The molecule has 0 N–H and O–H groups in total. The van der Waals surface area contributed by atoms with E-state index >= 15 is 0 Å². The van der Waals surface area contributed by atoms with Gasteiger partial charge in [-0.15, -0.1) is 12.3 Å². The average molecular weight is 248 g/mol. The van der Waals surface area contributed by atoms with Gasteiger partial charge in [-0.05, 0) is 33.6 Å². The van der Waals surface area contributed by atoms with Crippen LogP contribution in [0.15, 0.2) is 0 Å². The lowest BCUT2D eigenvalue weighted by molar-refractivity contribution is 0.0151. The number of carbonyl (C=O) groups excluding carboxylic acids is 1. The maximum atomic E-state index is 11.9. The Labute approximate surface area is 109 Å². The third kappa shape index (κ3) is 3.67. The summed E-state index contributed by atoms with van der Waals surface area (Å²) < 4.78 is 5.30. The Morgan fingerprint density at radius 1 is 1.44 bits per heavy atom. The highest BCUT2D eigenvalue weighted by atomic mass is 16.6. The van der Waals surface area contributed by atoms with E-state index in [2.05, 4.69) is 12.0 Å². The smallest absolute Gasteiger partial charge is 0.410 e. The fraction of sp³-hybridized carbons (Fsp3) is 0.714. The van der Waals surface area contributed by atoms with Gasteiger partial charge in [0.15, 0.2) is 0 Å². The van der Waals surface area contributed by atoms with Crippen LogP contribution in [0, 0.1) is 29.1 Å². The predicted molar refractivity (Wildman–Crippen MR) is 68.5 cm³/mol. The van der Waals surface area contributed by atoms with Gasteiger partial charge in [-0.25, -0.2) is 4.79 Å². The standard InChI is InChI=1S/C14H20N2O2/c1-5-6-14(11-15)7-9-16(10-8-14)12(17)18-13(2,3)4/h1H,6-10H2,2-4H3. The normalized spacial score (nSPS) is 18.6. The number of amides is 1. The van der Waals surface area contributed by atoms with E-state index in [1.165, 1.54) is 0 Å². The number of nitriles is 1. The molecule has 0 aromatic rings. The Morgan fingerprint density at radius 2 is 2.00 bits per heavy atom. The fourth-order valence-electron chi connectivity index (χ4n) is 1.97. The molecular weight excluding hydrogens is 228 g/mol. The molecule has 1 heterocycles. The summed E-state index contributed by atoms with van der Waals surface area (Å²) in [5, 5.41) is 9.20. The topological polar surface area (TPSA) is 53.3 Å². The van der Waals surface area contributed by atoms with Gasteiger partial charge in [0.1, 0.15) is 5.60 Å². The molecule has 0 aromatic heterocycles. The van der Waals surface area contributed by atoms with Gasteiger partial charge in [-0.3, -0.25) is 0 Å². The molecule has 1 aliphatic heterocycles. The van der Waals surface area contributed by atoms with Crippen molar-refractivity contribution in [1.82, 2.24) is 4.90 Å². The van der Waals surface area contributed by atoms with E-state index in [0.717, 1.165) is 0 Å². The molecule has 1 rings (SSSR count). The van der Waals surface area contributed by atoms with Crippen LogP contribution in [0.25, 0.3) is 0 Å². The first-order valence-corrected chi connectivity index (χ1v) is 6.14. The molecule has 4 heteroatoms. The van der Waals surface area contributed by atoms with Gasteiger partial charge in [0.25, 0.3) is 0 Å². The van der Waals surface area contributed by atoms with Crippen molar-refractivity contribution < 1.29 is 9.53 Å². The van der Waals surface area contributed by atoms with Crippen molar-refractivity contribution in [3.8, 4) is 18.4 Å². The first-order chi connectivity index (χ1) is 8.32. The zero-order chi connectivity index (χ0) is 13.8. The highest BCUT2D eigenvalue weighted by Crippen LogP contribution is 2.34. The van der Waals surface area contributed by atoms with Crippen LogP contribution in [0.2, 0.25) is 0 Å². The van der Waals surface area contributed by atoms with Crippen LogP contribution in [0.4, 0.5) is 4.79 Å². The number of terminal acetylenes is 1. The molecular formula is C14H20N2O2. The van der Waals surface area contributed by atoms with Gasteiger partial charge in [0.2, 0.25) is 0 Å². The van der Waals surface area contributed by atoms with E-state index in [-0.39, 0.29) is 6.09 Å². The summed E-state index contributed by atoms with van der Waals surface area (Å²) in [6, 6.07) is 2.30. The lowest BCUT2D eigenvalue weighted by Crippen LogP contribution is -2.44. The third-order valence-corrected chi connectivity index (χ3v) is 3.05. The number of hydrogen-bond acceptors (Lipinski definition) is 3. The van der Waals surface area contributed by atoms with Crippen LogP contribution < -0.4 is 0 Å². The van der Waals surface area contributed by atoms with E-state index in [9.17, 15) is 10.1 Å². The highest BCUT2D eigenvalue weighted by Gasteiger charge is 2.36. The van der Waals surface area contributed by atoms with Crippen molar-refractivity contribution in [2.45, 2.75) is 45.6 Å². The SMILES string of the molecule is C#CCC1(C#N)CCN(C(=O)OC(C)(C)C)CC1. The van der Waals surface area contributed by atoms with E-state index < -0.39 is 11.0 Å². The van der Waals surface area contributed by atoms with E-state index in [0.29, 0.717) is 32.4 Å². The summed E-state index contributed by atoms with van der Waals surface area (Å²) in [5.74, 6) is 2.55. The van der Waals surface area contributed by atoms with Gasteiger partial charge < -0.3 is 9.64 Å². The molecule has 4 nitrogen and oxygen atoms in total. The second kappa shape index (κ2) is 5.31. The number of piperidine rings is 1. The van der Waals surface area contributed by atoms with Crippen molar-refractivity contribution in [2.24, 2.45) is 5.41 Å². The molecule has 98 valence electrons. The monoisotopic (exact) mass is 248 g/mol. The van der Waals surface area contributed by atoms with E-state index in [1.807, 2.05) is 20.8 Å². The summed E-state index contributed by atoms with van der Waals surface area (Å²) in [6.45, 7) is 6.58. The number of hydrogen-bond donors (Lipinski definition) is 0. The molecule has 0 aliphatic carbocycles. The second-order valence-corrected chi connectivity index (χ2v) is 5.74. The second-order valence-electron chi connectivity index (χ2n) is 5.74. The minimum absolute atomic E-state index is 0.310. The van der Waals surface area contributed by atoms with E-state index in [1.54, 1.807) is 4.90 Å². The van der Waals surface area contributed by atoms with Crippen molar-refractivity contribution >= 4 is 6.09 Å². The lowest BCUT2D eigenvalue weighted by atomic mass is 9.77. The maximum Gasteiger partial charge on any atom is 0.410 e. The summed E-state index contributed by atoms with van der Waals surface area (Å²) in [5.41, 5.74) is -0.951. The molecule has 18 heavy (non-hydrogen) atoms. The summed E-state index contributed by atoms with van der Waals surface area (Å²) in [4.78, 5) is 13.5. The number of ether oxygens (including phenoxy) is 1. The Balaban J connectivity index is 2.57.